The van der Waals surface area contributed by atoms with Gasteiger partial charge in [-0.2, -0.15) is 0 Å². The average Bonchev–Trinajstić information content (AvgIpc) is 2.71. The smallest absolute Gasteiger partial charge is 0.263 e. The molecule has 0 spiro atoms. The molecule has 1 aromatic heterocycles. The molecule has 1 saturated carbocycles. The molecule has 102 valence electrons. The van der Waals surface area contributed by atoms with E-state index in [0.717, 1.165) is 21.9 Å². The molecule has 2 N–H and O–H groups in total. The third-order valence-electron chi connectivity index (χ3n) is 3.54. The fourth-order valence-electron chi connectivity index (χ4n) is 2.18. The summed E-state index contributed by atoms with van der Waals surface area (Å²) in [5, 5.41) is 0. The van der Waals surface area contributed by atoms with E-state index >= 15 is 0 Å². The highest BCUT2D eigenvalue weighted by atomic mass is 32.1. The molecule has 0 saturated heterocycles. The van der Waals surface area contributed by atoms with Crippen LogP contribution >= 0.6 is 11.3 Å². The van der Waals surface area contributed by atoms with Crippen molar-refractivity contribution in [1.82, 2.24) is 4.90 Å². The maximum absolute atomic E-state index is 12.3. The molecule has 1 aliphatic carbocycles. The molecular formula is C15H20N2OS. The van der Waals surface area contributed by atoms with E-state index in [1.807, 2.05) is 24.9 Å². The molecular weight excluding hydrogens is 256 g/mol. The Balaban J connectivity index is 2.05. The van der Waals surface area contributed by atoms with Crippen molar-refractivity contribution in [2.75, 3.05) is 20.1 Å². The first-order valence-electron chi connectivity index (χ1n) is 6.66. The standard InChI is InChI=1S/C15H20N2OS/c1-11-9-14(19-13(11)7-4-8-16)15(18)17(2)10-12-5-3-6-12/h9,12H,3,5-6,8,10,16H2,1-2H3. The lowest BCUT2D eigenvalue weighted by Crippen LogP contribution is -2.33. The molecule has 0 unspecified atom stereocenters. The van der Waals surface area contributed by atoms with Crippen LogP contribution in [0.2, 0.25) is 0 Å². The van der Waals surface area contributed by atoms with Gasteiger partial charge in [-0.25, -0.2) is 0 Å². The average molecular weight is 276 g/mol. The molecule has 1 amide bonds. The molecule has 2 rings (SSSR count). The van der Waals surface area contributed by atoms with Gasteiger partial charge in [-0.15, -0.1) is 11.3 Å². The largest absolute Gasteiger partial charge is 0.341 e. The lowest BCUT2D eigenvalue weighted by Gasteiger charge is -2.29. The van der Waals surface area contributed by atoms with Crippen molar-refractivity contribution >= 4 is 17.2 Å². The number of nitrogens with two attached hydrogens (primary N) is 1. The summed E-state index contributed by atoms with van der Waals surface area (Å²) in [6.45, 7) is 3.21. The van der Waals surface area contributed by atoms with E-state index in [1.165, 1.54) is 30.6 Å². The summed E-state index contributed by atoms with van der Waals surface area (Å²) in [5.74, 6) is 6.68. The van der Waals surface area contributed by atoms with Crippen LogP contribution in [0, 0.1) is 24.7 Å². The SMILES string of the molecule is Cc1cc(C(=O)N(C)CC2CCC2)sc1C#CCN. The number of hydrogen-bond donors (Lipinski definition) is 1. The molecule has 3 nitrogen and oxygen atoms in total. The molecule has 1 aromatic rings. The van der Waals surface area contributed by atoms with Crippen molar-refractivity contribution in [3.63, 3.8) is 0 Å². The van der Waals surface area contributed by atoms with Gasteiger partial charge in [0.15, 0.2) is 0 Å². The second-order valence-electron chi connectivity index (χ2n) is 5.11. The molecule has 0 bridgehead atoms. The highest BCUT2D eigenvalue weighted by molar-refractivity contribution is 7.14. The molecule has 0 aliphatic heterocycles. The van der Waals surface area contributed by atoms with Crippen molar-refractivity contribution in [2.24, 2.45) is 11.7 Å². The lowest BCUT2D eigenvalue weighted by atomic mass is 9.85. The Morgan fingerprint density at radius 1 is 1.58 bits per heavy atom. The van der Waals surface area contributed by atoms with Gasteiger partial charge in [-0.05, 0) is 37.3 Å². The second kappa shape index (κ2) is 6.23. The molecule has 0 aromatic carbocycles. The number of nitrogens with zero attached hydrogens (tertiary/aromatic N) is 1. The van der Waals surface area contributed by atoms with Gasteiger partial charge < -0.3 is 10.6 Å². The van der Waals surface area contributed by atoms with Gasteiger partial charge in [-0.3, -0.25) is 4.79 Å². The summed E-state index contributed by atoms with van der Waals surface area (Å²) < 4.78 is 0. The lowest BCUT2D eigenvalue weighted by molar-refractivity contribution is 0.0750. The van der Waals surface area contributed by atoms with E-state index in [-0.39, 0.29) is 5.91 Å². The number of carbonyl (C=O) groups excluding carboxylic acids is 1. The Bertz CT molecular complexity index is 520. The van der Waals surface area contributed by atoms with E-state index in [0.29, 0.717) is 12.5 Å². The van der Waals surface area contributed by atoms with Crippen molar-refractivity contribution in [2.45, 2.75) is 26.2 Å². The van der Waals surface area contributed by atoms with Gasteiger partial charge in [0.1, 0.15) is 0 Å². The Labute approximate surface area is 118 Å². The molecule has 1 aliphatic rings. The van der Waals surface area contributed by atoms with Gasteiger partial charge in [0.25, 0.3) is 5.91 Å². The van der Waals surface area contributed by atoms with Crippen molar-refractivity contribution < 1.29 is 4.79 Å². The molecule has 0 radical (unpaired) electrons. The zero-order chi connectivity index (χ0) is 13.8. The van der Waals surface area contributed by atoms with E-state index < -0.39 is 0 Å². The van der Waals surface area contributed by atoms with Crippen molar-refractivity contribution in [3.05, 3.63) is 21.4 Å². The second-order valence-corrected chi connectivity index (χ2v) is 6.16. The maximum Gasteiger partial charge on any atom is 0.263 e. The van der Waals surface area contributed by atoms with Gasteiger partial charge in [0, 0.05) is 13.6 Å². The summed E-state index contributed by atoms with van der Waals surface area (Å²) in [4.78, 5) is 15.9. The summed E-state index contributed by atoms with van der Waals surface area (Å²) >= 11 is 1.47. The maximum atomic E-state index is 12.3. The number of amides is 1. The zero-order valence-corrected chi connectivity index (χ0v) is 12.3. The van der Waals surface area contributed by atoms with Crippen LogP contribution in [-0.4, -0.2) is 30.9 Å². The van der Waals surface area contributed by atoms with E-state index in [1.54, 1.807) is 0 Å². The molecule has 19 heavy (non-hydrogen) atoms. The van der Waals surface area contributed by atoms with Crippen LogP contribution in [0.25, 0.3) is 0 Å². The topological polar surface area (TPSA) is 46.3 Å². The minimum absolute atomic E-state index is 0.112. The van der Waals surface area contributed by atoms with Gasteiger partial charge >= 0.3 is 0 Å². The molecule has 4 heteroatoms. The van der Waals surface area contributed by atoms with Crippen LogP contribution in [0.3, 0.4) is 0 Å². The zero-order valence-electron chi connectivity index (χ0n) is 11.5. The predicted octanol–water partition coefficient (Wildman–Crippen LogP) is 2.24. The van der Waals surface area contributed by atoms with Crippen molar-refractivity contribution in [3.8, 4) is 11.8 Å². The fraction of sp³-hybridized carbons (Fsp3) is 0.533. The normalized spacial score (nSPS) is 14.5. The fourth-order valence-corrected chi connectivity index (χ4v) is 3.22. The van der Waals surface area contributed by atoms with E-state index in [2.05, 4.69) is 11.8 Å². The molecule has 1 heterocycles. The predicted molar refractivity (Wildman–Crippen MR) is 79.3 cm³/mol. The number of thiophene rings is 1. The quantitative estimate of drug-likeness (QED) is 0.861. The van der Waals surface area contributed by atoms with Crippen LogP contribution in [0.15, 0.2) is 6.07 Å². The van der Waals surface area contributed by atoms with Crippen LogP contribution in [0.4, 0.5) is 0 Å². The van der Waals surface area contributed by atoms with E-state index in [9.17, 15) is 4.79 Å². The Morgan fingerprint density at radius 2 is 2.32 bits per heavy atom. The first kappa shape index (κ1) is 14.1. The van der Waals surface area contributed by atoms with Crippen molar-refractivity contribution in [1.29, 1.82) is 0 Å². The molecule has 0 atom stereocenters. The van der Waals surface area contributed by atoms with Crippen LogP contribution < -0.4 is 5.73 Å². The highest BCUT2D eigenvalue weighted by Gasteiger charge is 2.23. The molecule has 1 fully saturated rings. The summed E-state index contributed by atoms with van der Waals surface area (Å²) in [7, 11) is 1.89. The van der Waals surface area contributed by atoms with Gasteiger partial charge in [-0.1, -0.05) is 18.3 Å². The number of rotatable bonds is 3. The Morgan fingerprint density at radius 3 is 2.89 bits per heavy atom. The minimum Gasteiger partial charge on any atom is -0.341 e. The third kappa shape index (κ3) is 3.37. The number of aryl methyl sites for hydroxylation is 1. The van der Waals surface area contributed by atoms with Crippen LogP contribution in [0.5, 0.6) is 0 Å². The Kier molecular flexibility index (Phi) is 4.62. The van der Waals surface area contributed by atoms with Crippen LogP contribution in [0.1, 0.15) is 39.4 Å². The van der Waals surface area contributed by atoms with E-state index in [4.69, 9.17) is 5.73 Å². The Hall–Kier alpha value is -1.31. The summed E-state index contributed by atoms with van der Waals surface area (Å²) in [6, 6.07) is 1.94. The van der Waals surface area contributed by atoms with Gasteiger partial charge in [0.2, 0.25) is 0 Å². The monoisotopic (exact) mass is 276 g/mol. The number of carbonyl (C=O) groups is 1. The van der Waals surface area contributed by atoms with Gasteiger partial charge in [0.05, 0.1) is 16.3 Å². The summed E-state index contributed by atoms with van der Waals surface area (Å²) in [6.07, 6.45) is 3.83. The minimum atomic E-state index is 0.112. The summed E-state index contributed by atoms with van der Waals surface area (Å²) in [5.41, 5.74) is 6.44. The number of hydrogen-bond acceptors (Lipinski definition) is 3. The van der Waals surface area contributed by atoms with Crippen LogP contribution in [-0.2, 0) is 0 Å². The third-order valence-corrected chi connectivity index (χ3v) is 4.68. The first-order valence-corrected chi connectivity index (χ1v) is 7.48. The highest BCUT2D eigenvalue weighted by Crippen LogP contribution is 2.28. The first-order chi connectivity index (χ1) is 9.11.